The number of nitrogens with one attached hydrogen (secondary N) is 1. The SMILES string of the molecule is O=C(O)CCCCn1cc(-c2ccc(O)c(N3C=C(O)NS3(=O)=O)c2)cn1. The van der Waals surface area contributed by atoms with Crippen molar-refractivity contribution in [2.75, 3.05) is 4.31 Å². The molecule has 0 aliphatic carbocycles. The average molecular weight is 394 g/mol. The van der Waals surface area contributed by atoms with Gasteiger partial charge < -0.3 is 15.3 Å². The third-order valence-electron chi connectivity index (χ3n) is 3.94. The highest BCUT2D eigenvalue weighted by atomic mass is 32.2. The zero-order valence-corrected chi connectivity index (χ0v) is 14.9. The summed E-state index contributed by atoms with van der Waals surface area (Å²) in [5.41, 5.74) is 1.31. The number of aliphatic hydroxyl groups is 1. The molecule has 1 aliphatic heterocycles. The van der Waals surface area contributed by atoms with Gasteiger partial charge in [0.05, 0.1) is 12.4 Å². The number of carboxylic acids is 1. The van der Waals surface area contributed by atoms with Crippen LogP contribution >= 0.6 is 0 Å². The number of hydrogen-bond donors (Lipinski definition) is 4. The molecular formula is C16H18N4O6S. The Balaban J connectivity index is 1.80. The van der Waals surface area contributed by atoms with Crippen molar-refractivity contribution in [3.8, 4) is 16.9 Å². The number of aryl methyl sites for hydroxylation is 1. The van der Waals surface area contributed by atoms with Crippen LogP contribution in [-0.2, 0) is 21.5 Å². The van der Waals surface area contributed by atoms with Gasteiger partial charge in [-0.05, 0) is 30.5 Å². The van der Waals surface area contributed by atoms with Crippen molar-refractivity contribution < 1.29 is 28.5 Å². The molecule has 144 valence electrons. The van der Waals surface area contributed by atoms with Crippen LogP contribution in [0.3, 0.4) is 0 Å². The largest absolute Gasteiger partial charge is 0.506 e. The third kappa shape index (κ3) is 4.14. The second-order valence-corrected chi connectivity index (χ2v) is 7.51. The van der Waals surface area contributed by atoms with E-state index in [2.05, 4.69) is 5.10 Å². The second-order valence-electron chi connectivity index (χ2n) is 5.96. The first-order valence-corrected chi connectivity index (χ1v) is 9.51. The summed E-state index contributed by atoms with van der Waals surface area (Å²) >= 11 is 0. The van der Waals surface area contributed by atoms with Crippen LogP contribution in [0.1, 0.15) is 19.3 Å². The van der Waals surface area contributed by atoms with Crippen LogP contribution in [0, 0.1) is 0 Å². The first-order chi connectivity index (χ1) is 12.8. The quantitative estimate of drug-likeness (QED) is 0.521. The number of rotatable bonds is 7. The lowest BCUT2D eigenvalue weighted by Gasteiger charge is -2.16. The van der Waals surface area contributed by atoms with Crippen molar-refractivity contribution in [1.82, 2.24) is 14.5 Å². The van der Waals surface area contributed by atoms with Gasteiger partial charge >= 0.3 is 16.2 Å². The van der Waals surface area contributed by atoms with E-state index in [0.29, 0.717) is 30.5 Å². The number of nitrogens with zero attached hydrogens (tertiary/aromatic N) is 3. The van der Waals surface area contributed by atoms with Gasteiger partial charge in [-0.15, -0.1) is 0 Å². The topological polar surface area (TPSA) is 145 Å². The molecule has 3 rings (SSSR count). The first-order valence-electron chi connectivity index (χ1n) is 8.07. The average Bonchev–Trinajstić information content (AvgIpc) is 3.15. The number of anilines is 1. The fourth-order valence-electron chi connectivity index (χ4n) is 2.65. The summed E-state index contributed by atoms with van der Waals surface area (Å²) in [5.74, 6) is -1.65. The number of carbonyl (C=O) groups is 1. The van der Waals surface area contributed by atoms with Gasteiger partial charge in [-0.25, -0.2) is 9.03 Å². The molecule has 0 unspecified atom stereocenters. The van der Waals surface area contributed by atoms with Gasteiger partial charge in [-0.3, -0.25) is 9.48 Å². The van der Waals surface area contributed by atoms with Gasteiger partial charge in [-0.2, -0.15) is 13.5 Å². The van der Waals surface area contributed by atoms with E-state index in [4.69, 9.17) is 5.11 Å². The van der Waals surface area contributed by atoms with Crippen molar-refractivity contribution in [2.24, 2.45) is 0 Å². The molecule has 0 saturated carbocycles. The summed E-state index contributed by atoms with van der Waals surface area (Å²) in [7, 11) is -4.02. The number of benzene rings is 1. The van der Waals surface area contributed by atoms with Gasteiger partial charge in [0, 0.05) is 24.7 Å². The van der Waals surface area contributed by atoms with Gasteiger partial charge in [0.15, 0.2) is 0 Å². The van der Waals surface area contributed by atoms with E-state index in [9.17, 15) is 23.4 Å². The summed E-state index contributed by atoms with van der Waals surface area (Å²) < 4.78 is 28.3. The van der Waals surface area contributed by atoms with Crippen molar-refractivity contribution >= 4 is 21.9 Å². The number of aromatic hydroxyl groups is 1. The van der Waals surface area contributed by atoms with Crippen molar-refractivity contribution in [2.45, 2.75) is 25.8 Å². The monoisotopic (exact) mass is 394 g/mol. The van der Waals surface area contributed by atoms with E-state index in [0.717, 1.165) is 10.5 Å². The zero-order chi connectivity index (χ0) is 19.6. The number of carboxylic acid groups (broad SMARTS) is 1. The lowest BCUT2D eigenvalue weighted by molar-refractivity contribution is -0.137. The third-order valence-corrected chi connectivity index (χ3v) is 5.23. The van der Waals surface area contributed by atoms with Crippen LogP contribution in [-0.4, -0.2) is 39.5 Å². The Morgan fingerprint density at radius 1 is 1.19 bits per heavy atom. The Labute approximate surface area is 155 Å². The molecule has 1 aromatic carbocycles. The predicted octanol–water partition coefficient (Wildman–Crippen LogP) is 1.52. The number of unbranched alkanes of at least 4 members (excludes halogenated alkanes) is 1. The number of aliphatic hydroxyl groups excluding tert-OH is 1. The summed E-state index contributed by atoms with van der Waals surface area (Å²) in [6.45, 7) is 0.555. The minimum atomic E-state index is -4.02. The van der Waals surface area contributed by atoms with Gasteiger partial charge in [0.1, 0.15) is 11.4 Å². The van der Waals surface area contributed by atoms with Crippen LogP contribution in [0.25, 0.3) is 11.1 Å². The fraction of sp³-hybridized carbons (Fsp3) is 0.250. The van der Waals surface area contributed by atoms with Gasteiger partial charge in [-0.1, -0.05) is 6.07 Å². The highest BCUT2D eigenvalue weighted by Crippen LogP contribution is 2.35. The maximum absolute atomic E-state index is 12.0. The molecule has 0 spiro atoms. The number of phenols is 1. The maximum atomic E-state index is 12.0. The zero-order valence-electron chi connectivity index (χ0n) is 14.1. The molecular weight excluding hydrogens is 376 g/mol. The molecule has 0 amide bonds. The molecule has 0 atom stereocenters. The molecule has 0 radical (unpaired) electrons. The Kier molecular flexibility index (Phi) is 4.95. The lowest BCUT2D eigenvalue weighted by Crippen LogP contribution is -2.29. The number of aliphatic carboxylic acids is 1. The van der Waals surface area contributed by atoms with Crippen LogP contribution in [0.2, 0.25) is 0 Å². The van der Waals surface area contributed by atoms with Crippen LogP contribution in [0.4, 0.5) is 5.69 Å². The maximum Gasteiger partial charge on any atom is 0.330 e. The molecule has 11 heteroatoms. The van der Waals surface area contributed by atoms with Crippen molar-refractivity contribution in [3.63, 3.8) is 0 Å². The summed E-state index contributed by atoms with van der Waals surface area (Å²) in [6.07, 6.45) is 5.62. The Hall–Kier alpha value is -3.21. The number of aromatic nitrogens is 2. The lowest BCUT2D eigenvalue weighted by atomic mass is 10.1. The fourth-order valence-corrected chi connectivity index (χ4v) is 3.71. The molecule has 10 nitrogen and oxygen atoms in total. The van der Waals surface area contributed by atoms with E-state index in [-0.39, 0.29) is 17.9 Å². The second kappa shape index (κ2) is 7.19. The Morgan fingerprint density at radius 2 is 1.96 bits per heavy atom. The Bertz CT molecular complexity index is 998. The molecule has 4 N–H and O–H groups in total. The predicted molar refractivity (Wildman–Crippen MR) is 96.1 cm³/mol. The molecule has 0 bridgehead atoms. The molecule has 1 aliphatic rings. The Morgan fingerprint density at radius 3 is 2.63 bits per heavy atom. The summed E-state index contributed by atoms with van der Waals surface area (Å²) in [5, 5.41) is 32.3. The molecule has 2 heterocycles. The first kappa shape index (κ1) is 18.6. The smallest absolute Gasteiger partial charge is 0.330 e. The molecule has 27 heavy (non-hydrogen) atoms. The van der Waals surface area contributed by atoms with Crippen LogP contribution < -0.4 is 9.03 Å². The van der Waals surface area contributed by atoms with E-state index in [1.54, 1.807) is 23.1 Å². The van der Waals surface area contributed by atoms with E-state index < -0.39 is 22.1 Å². The van der Waals surface area contributed by atoms with Crippen LogP contribution in [0.5, 0.6) is 5.75 Å². The van der Waals surface area contributed by atoms with Crippen molar-refractivity contribution in [3.05, 3.63) is 42.7 Å². The van der Waals surface area contributed by atoms with Gasteiger partial charge in [0.25, 0.3) is 0 Å². The molecule has 2 aromatic rings. The highest BCUT2D eigenvalue weighted by Gasteiger charge is 2.30. The molecule has 1 aromatic heterocycles. The molecule has 0 saturated heterocycles. The minimum Gasteiger partial charge on any atom is -0.506 e. The van der Waals surface area contributed by atoms with E-state index in [1.807, 2.05) is 4.72 Å². The van der Waals surface area contributed by atoms with Gasteiger partial charge in [0.2, 0.25) is 5.88 Å². The summed E-state index contributed by atoms with van der Waals surface area (Å²) in [6, 6.07) is 4.44. The highest BCUT2D eigenvalue weighted by molar-refractivity contribution is 7.91. The van der Waals surface area contributed by atoms with Crippen LogP contribution in [0.15, 0.2) is 42.7 Å². The van der Waals surface area contributed by atoms with E-state index >= 15 is 0 Å². The minimum absolute atomic E-state index is 0.0155. The van der Waals surface area contributed by atoms with E-state index in [1.165, 1.54) is 12.1 Å². The van der Waals surface area contributed by atoms with Crippen molar-refractivity contribution in [1.29, 1.82) is 0 Å². The summed E-state index contributed by atoms with van der Waals surface area (Å²) in [4.78, 5) is 10.5. The number of hydrogen-bond acceptors (Lipinski definition) is 6. The molecule has 0 fully saturated rings. The standard InChI is InChI=1S/C16H18N4O6S/c21-14-5-4-11(7-13(14)20-10-15(22)18-27(20,25)26)12-8-17-19(9-12)6-2-1-3-16(23)24/h4-5,7-10,18,21-22H,1-3,6H2,(H,23,24). The number of phenolic OH excluding ortho intramolecular Hbond substituents is 1. The normalized spacial score (nSPS) is 15.4.